The lowest BCUT2D eigenvalue weighted by atomic mass is 10.3. The molecule has 7 heteroatoms. The van der Waals surface area contributed by atoms with Gasteiger partial charge in [0.15, 0.2) is 11.5 Å². The van der Waals surface area contributed by atoms with E-state index in [9.17, 15) is 0 Å². The van der Waals surface area contributed by atoms with Gasteiger partial charge in [0.25, 0.3) is 0 Å². The average Bonchev–Trinajstić information content (AvgIpc) is 3.19. The molecule has 1 fully saturated rings. The third-order valence-electron chi connectivity index (χ3n) is 3.50. The van der Waals surface area contributed by atoms with Gasteiger partial charge in [-0.15, -0.1) is 5.10 Å². The molecule has 21 heavy (non-hydrogen) atoms. The molecule has 110 valence electrons. The molecule has 6 nitrogen and oxygen atoms in total. The summed E-state index contributed by atoms with van der Waals surface area (Å²) in [5.74, 6) is 1.46. The lowest BCUT2D eigenvalue weighted by Gasteiger charge is -2.17. The Morgan fingerprint density at radius 1 is 1.24 bits per heavy atom. The number of ether oxygens (including phenoxy) is 1. The van der Waals surface area contributed by atoms with Crippen LogP contribution in [0.25, 0.3) is 0 Å². The van der Waals surface area contributed by atoms with E-state index >= 15 is 0 Å². The van der Waals surface area contributed by atoms with E-state index < -0.39 is 0 Å². The molecular formula is C14H17N5OS. The van der Waals surface area contributed by atoms with Crippen molar-refractivity contribution in [3.63, 3.8) is 0 Å². The Labute approximate surface area is 128 Å². The second-order valence-corrected chi connectivity index (χ2v) is 5.26. The van der Waals surface area contributed by atoms with Gasteiger partial charge < -0.3 is 15.0 Å². The highest BCUT2D eigenvalue weighted by Gasteiger charge is 2.21. The number of H-pyrrole nitrogens is 1. The first kappa shape index (κ1) is 13.8. The summed E-state index contributed by atoms with van der Waals surface area (Å²) in [6, 6.07) is 7.63. The molecule has 3 rings (SSSR count). The number of aromatic nitrogens is 3. The quantitative estimate of drug-likeness (QED) is 0.845. The van der Waals surface area contributed by atoms with Crippen molar-refractivity contribution in [2.24, 2.45) is 0 Å². The van der Waals surface area contributed by atoms with Gasteiger partial charge in [0.05, 0.1) is 7.11 Å². The smallest absolute Gasteiger partial charge is 0.183 e. The van der Waals surface area contributed by atoms with Gasteiger partial charge in [-0.1, -0.05) is 12.2 Å². The lowest BCUT2D eigenvalue weighted by Crippen LogP contribution is -2.27. The Morgan fingerprint density at radius 3 is 2.62 bits per heavy atom. The van der Waals surface area contributed by atoms with E-state index in [0.717, 1.165) is 29.5 Å². The van der Waals surface area contributed by atoms with Crippen LogP contribution in [-0.2, 0) is 0 Å². The van der Waals surface area contributed by atoms with Gasteiger partial charge in [-0.3, -0.25) is 0 Å². The third-order valence-corrected chi connectivity index (χ3v) is 3.95. The van der Waals surface area contributed by atoms with Crippen LogP contribution in [0.15, 0.2) is 24.3 Å². The summed E-state index contributed by atoms with van der Waals surface area (Å²) < 4.78 is 5.14. The fourth-order valence-electron chi connectivity index (χ4n) is 2.35. The molecule has 0 bridgehead atoms. The number of nitrogens with one attached hydrogen (secondary N) is 2. The van der Waals surface area contributed by atoms with Gasteiger partial charge >= 0.3 is 0 Å². The number of likely N-dealkylation sites (tertiary alicyclic amines) is 1. The fourth-order valence-corrected chi connectivity index (χ4v) is 2.67. The molecule has 1 aliphatic heterocycles. The Morgan fingerprint density at radius 2 is 1.95 bits per heavy atom. The molecule has 0 radical (unpaired) electrons. The Kier molecular flexibility index (Phi) is 4.01. The summed E-state index contributed by atoms with van der Waals surface area (Å²) in [6.45, 7) is 1.99. The lowest BCUT2D eigenvalue weighted by molar-refractivity contribution is 0.415. The minimum atomic E-state index is 0.650. The maximum Gasteiger partial charge on any atom is 0.183 e. The summed E-state index contributed by atoms with van der Waals surface area (Å²) in [4.78, 5) is 2.92. The summed E-state index contributed by atoms with van der Waals surface area (Å²) in [5, 5.41) is 14.2. The topological polar surface area (TPSA) is 66.1 Å². The normalized spacial score (nSPS) is 14.2. The van der Waals surface area contributed by atoms with Crippen LogP contribution in [-0.4, -0.2) is 45.5 Å². The predicted molar refractivity (Wildman–Crippen MR) is 85.2 cm³/mol. The molecule has 0 amide bonds. The molecule has 0 atom stereocenters. The number of hydrogen-bond donors (Lipinski definition) is 2. The van der Waals surface area contributed by atoms with Gasteiger partial charge in [-0.2, -0.15) is 10.3 Å². The van der Waals surface area contributed by atoms with Gasteiger partial charge in [0, 0.05) is 18.8 Å². The zero-order chi connectivity index (χ0) is 14.7. The predicted octanol–water partition coefficient (Wildman–Crippen LogP) is 2.33. The van der Waals surface area contributed by atoms with Crippen LogP contribution in [0.4, 0.5) is 11.5 Å². The Hall–Kier alpha value is -2.15. The van der Waals surface area contributed by atoms with Crippen LogP contribution in [0.5, 0.6) is 5.75 Å². The molecule has 2 aromatic rings. The molecule has 1 saturated heterocycles. The van der Waals surface area contributed by atoms with Crippen molar-refractivity contribution in [1.82, 2.24) is 20.3 Å². The molecular weight excluding hydrogens is 286 g/mol. The van der Waals surface area contributed by atoms with E-state index in [0.29, 0.717) is 11.5 Å². The van der Waals surface area contributed by atoms with E-state index in [1.54, 1.807) is 7.11 Å². The third kappa shape index (κ3) is 2.97. The van der Waals surface area contributed by atoms with E-state index in [2.05, 4.69) is 25.6 Å². The second-order valence-electron chi connectivity index (χ2n) is 4.87. The molecule has 0 spiro atoms. The minimum absolute atomic E-state index is 0.650. The molecule has 2 heterocycles. The van der Waals surface area contributed by atoms with Gasteiger partial charge in [0.1, 0.15) is 10.7 Å². The van der Waals surface area contributed by atoms with Gasteiger partial charge in [-0.05, 0) is 37.1 Å². The number of thiocarbonyl (C=S) groups is 1. The van der Waals surface area contributed by atoms with Crippen LogP contribution < -0.4 is 10.1 Å². The van der Waals surface area contributed by atoms with Crippen molar-refractivity contribution in [3.8, 4) is 5.75 Å². The molecule has 0 aliphatic carbocycles. The first-order chi connectivity index (χ1) is 10.3. The number of anilines is 2. The maximum absolute atomic E-state index is 5.52. The standard InChI is InChI=1S/C14H17N5OS/c1-20-11-6-4-10(5-7-11)15-13-12(16-18-17-13)14(21)19-8-2-3-9-19/h4-7H,2-3,8-9H2,1H3,(H2,15,16,17,18). The molecule has 1 aliphatic rings. The summed E-state index contributed by atoms with van der Waals surface area (Å²) >= 11 is 5.52. The van der Waals surface area contributed by atoms with E-state index in [1.165, 1.54) is 12.8 Å². The van der Waals surface area contributed by atoms with Crippen LogP contribution in [0.2, 0.25) is 0 Å². The summed E-state index contributed by atoms with van der Waals surface area (Å²) in [6.07, 6.45) is 2.36. The number of methoxy groups -OCH3 is 1. The Bertz CT molecular complexity index is 619. The van der Waals surface area contributed by atoms with Crippen LogP contribution in [0, 0.1) is 0 Å². The molecule has 1 aromatic carbocycles. The summed E-state index contributed by atoms with van der Waals surface area (Å²) in [7, 11) is 1.65. The fraction of sp³-hybridized carbons (Fsp3) is 0.357. The largest absolute Gasteiger partial charge is 0.497 e. The van der Waals surface area contributed by atoms with Crippen molar-refractivity contribution in [1.29, 1.82) is 0 Å². The van der Waals surface area contributed by atoms with Gasteiger partial charge in [0.2, 0.25) is 0 Å². The zero-order valence-electron chi connectivity index (χ0n) is 11.8. The molecule has 1 aromatic heterocycles. The van der Waals surface area contributed by atoms with E-state index in [-0.39, 0.29) is 0 Å². The van der Waals surface area contributed by atoms with Crippen molar-refractivity contribution < 1.29 is 4.74 Å². The van der Waals surface area contributed by atoms with Crippen molar-refractivity contribution in [2.75, 3.05) is 25.5 Å². The monoisotopic (exact) mass is 303 g/mol. The zero-order valence-corrected chi connectivity index (χ0v) is 12.6. The summed E-state index contributed by atoms with van der Waals surface area (Å²) in [5.41, 5.74) is 1.61. The first-order valence-electron chi connectivity index (χ1n) is 6.89. The van der Waals surface area contributed by atoms with Gasteiger partial charge in [-0.25, -0.2) is 0 Å². The van der Waals surface area contributed by atoms with E-state index in [1.807, 2.05) is 24.3 Å². The maximum atomic E-state index is 5.52. The Balaban J connectivity index is 1.76. The number of nitrogens with zero attached hydrogens (tertiary/aromatic N) is 3. The van der Waals surface area contributed by atoms with E-state index in [4.69, 9.17) is 17.0 Å². The molecule has 0 unspecified atom stereocenters. The van der Waals surface area contributed by atoms with Crippen molar-refractivity contribution in [2.45, 2.75) is 12.8 Å². The highest BCUT2D eigenvalue weighted by Crippen LogP contribution is 2.22. The second kappa shape index (κ2) is 6.09. The number of rotatable bonds is 4. The van der Waals surface area contributed by atoms with Crippen molar-refractivity contribution >= 4 is 28.7 Å². The SMILES string of the molecule is COc1ccc(Nc2n[nH]nc2C(=S)N2CCCC2)cc1. The van der Waals surface area contributed by atoms with Crippen LogP contribution >= 0.6 is 12.2 Å². The highest BCUT2D eigenvalue weighted by molar-refractivity contribution is 7.80. The highest BCUT2D eigenvalue weighted by atomic mass is 32.1. The average molecular weight is 303 g/mol. The number of benzene rings is 1. The van der Waals surface area contributed by atoms with Crippen molar-refractivity contribution in [3.05, 3.63) is 30.0 Å². The number of hydrogen-bond acceptors (Lipinski definition) is 5. The number of aromatic amines is 1. The van der Waals surface area contributed by atoms with Crippen LogP contribution in [0.3, 0.4) is 0 Å². The minimum Gasteiger partial charge on any atom is -0.497 e. The molecule has 2 N–H and O–H groups in total. The first-order valence-corrected chi connectivity index (χ1v) is 7.30. The molecule has 0 saturated carbocycles. The van der Waals surface area contributed by atoms with Crippen LogP contribution in [0.1, 0.15) is 18.5 Å².